The van der Waals surface area contributed by atoms with Crippen LogP contribution in [0.25, 0.3) is 0 Å². The Morgan fingerprint density at radius 2 is 2.04 bits per heavy atom. The van der Waals surface area contributed by atoms with E-state index in [-0.39, 0.29) is 11.2 Å². The van der Waals surface area contributed by atoms with Crippen LogP contribution in [0.4, 0.5) is 0 Å². The normalized spacial score (nSPS) is 16.6. The molecule has 0 amide bonds. The first-order valence-corrected chi connectivity index (χ1v) is 10.1. The van der Waals surface area contributed by atoms with Crippen molar-refractivity contribution < 1.29 is 9.53 Å². The van der Waals surface area contributed by atoms with Gasteiger partial charge >= 0.3 is 0 Å². The fourth-order valence-corrected chi connectivity index (χ4v) is 4.43. The summed E-state index contributed by atoms with van der Waals surface area (Å²) in [6.07, 6.45) is 3.92. The third-order valence-corrected chi connectivity index (χ3v) is 6.20. The summed E-state index contributed by atoms with van der Waals surface area (Å²) in [4.78, 5) is 16.5. The van der Waals surface area contributed by atoms with E-state index in [9.17, 15) is 4.79 Å². The Bertz CT molecular complexity index is 747. The minimum absolute atomic E-state index is 0.0472. The molecule has 1 aliphatic rings. The van der Waals surface area contributed by atoms with Crippen molar-refractivity contribution in [2.45, 2.75) is 47.5 Å². The molecule has 0 atom stereocenters. The highest BCUT2D eigenvalue weighted by Crippen LogP contribution is 2.49. The number of thioether (sulfide) groups is 1. The number of hydrogen-bond acceptors (Lipinski definition) is 4. The van der Waals surface area contributed by atoms with Gasteiger partial charge in [-0.15, -0.1) is 0 Å². The Morgan fingerprint density at radius 1 is 1.35 bits per heavy atom. The van der Waals surface area contributed by atoms with Crippen molar-refractivity contribution in [2.75, 3.05) is 13.7 Å². The number of allylic oxidation sites excluding steroid dienone is 3. The van der Waals surface area contributed by atoms with Crippen LogP contribution in [0.1, 0.15) is 57.8 Å². The SMILES string of the molecule is CCCCN1C(C)=C(C(C)(C)C)S/C1=C\C(=O)c1cc(Cl)ccc1OC. The zero-order valence-corrected chi connectivity index (χ0v) is 18.1. The van der Waals surface area contributed by atoms with Crippen molar-refractivity contribution in [3.8, 4) is 5.75 Å². The molecule has 0 aromatic heterocycles. The molecule has 0 saturated carbocycles. The van der Waals surface area contributed by atoms with Crippen LogP contribution in [0, 0.1) is 5.41 Å². The Hall–Kier alpha value is -1.39. The fraction of sp³-hybridized carbons (Fsp3) is 0.476. The summed E-state index contributed by atoms with van der Waals surface area (Å²) in [5.74, 6) is 0.455. The number of ketones is 1. The number of rotatable bonds is 6. The zero-order valence-electron chi connectivity index (χ0n) is 16.5. The maximum Gasteiger partial charge on any atom is 0.192 e. The van der Waals surface area contributed by atoms with Crippen LogP contribution in [0.15, 0.2) is 39.9 Å². The maximum atomic E-state index is 12.9. The Morgan fingerprint density at radius 3 is 2.62 bits per heavy atom. The van der Waals surface area contributed by atoms with Crippen LogP contribution >= 0.6 is 23.4 Å². The molecule has 0 bridgehead atoms. The summed E-state index contributed by atoms with van der Waals surface area (Å²) < 4.78 is 5.33. The lowest BCUT2D eigenvalue weighted by molar-refractivity contribution is 0.104. The first-order valence-electron chi connectivity index (χ1n) is 8.95. The number of methoxy groups -OCH3 is 1. The van der Waals surface area contributed by atoms with Gasteiger partial charge < -0.3 is 9.64 Å². The molecule has 1 aromatic carbocycles. The van der Waals surface area contributed by atoms with Gasteiger partial charge in [0.25, 0.3) is 0 Å². The summed E-state index contributed by atoms with van der Waals surface area (Å²) in [5, 5.41) is 1.51. The Labute approximate surface area is 166 Å². The van der Waals surface area contributed by atoms with Crippen LogP contribution in [0.2, 0.25) is 5.02 Å². The number of carbonyl (C=O) groups excluding carboxylic acids is 1. The Balaban J connectivity index is 2.39. The quantitative estimate of drug-likeness (QED) is 0.407. The highest BCUT2D eigenvalue weighted by molar-refractivity contribution is 8.07. The Kier molecular flexibility index (Phi) is 6.86. The second-order valence-corrected chi connectivity index (χ2v) is 8.93. The lowest BCUT2D eigenvalue weighted by atomic mass is 9.94. The van der Waals surface area contributed by atoms with Gasteiger partial charge in [0.05, 0.1) is 17.7 Å². The maximum absolute atomic E-state index is 12.9. The lowest BCUT2D eigenvalue weighted by Gasteiger charge is -2.22. The van der Waals surface area contributed by atoms with Crippen LogP contribution in [0.5, 0.6) is 5.75 Å². The lowest BCUT2D eigenvalue weighted by Crippen LogP contribution is -2.19. The van der Waals surface area contributed by atoms with Gasteiger partial charge in [0.2, 0.25) is 0 Å². The van der Waals surface area contributed by atoms with Gasteiger partial charge in [0.1, 0.15) is 5.75 Å². The first-order chi connectivity index (χ1) is 12.2. The van der Waals surface area contributed by atoms with Crippen LogP contribution in [0.3, 0.4) is 0 Å². The third kappa shape index (κ3) is 4.66. The van der Waals surface area contributed by atoms with Gasteiger partial charge in [0, 0.05) is 28.2 Å². The average molecular weight is 394 g/mol. The molecule has 5 heteroatoms. The van der Waals surface area contributed by atoms with Crippen molar-refractivity contribution >= 4 is 29.1 Å². The van der Waals surface area contributed by atoms with Gasteiger partial charge in [-0.3, -0.25) is 4.79 Å². The average Bonchev–Trinajstić information content (AvgIpc) is 2.88. The topological polar surface area (TPSA) is 29.5 Å². The first kappa shape index (κ1) is 20.9. The molecule has 1 aliphatic heterocycles. The number of nitrogens with zero attached hydrogens (tertiary/aromatic N) is 1. The minimum atomic E-state index is -0.0868. The predicted octanol–water partition coefficient (Wildman–Crippen LogP) is 6.50. The zero-order chi connectivity index (χ0) is 19.5. The molecular weight excluding hydrogens is 366 g/mol. The standard InChI is InChI=1S/C21H28ClNO2S/c1-7-8-11-23-14(2)20(21(3,4)5)26-19(23)13-17(24)16-12-15(22)9-10-18(16)25-6/h9-10,12-13H,7-8,11H2,1-6H3/b19-13-. The molecule has 1 aromatic rings. The molecule has 142 valence electrons. The molecule has 0 aliphatic carbocycles. The van der Waals surface area contributed by atoms with Crippen molar-refractivity contribution in [1.82, 2.24) is 4.90 Å². The fourth-order valence-electron chi connectivity index (χ4n) is 2.98. The summed E-state index contributed by atoms with van der Waals surface area (Å²) >= 11 is 7.78. The van der Waals surface area contributed by atoms with Gasteiger partial charge in [-0.2, -0.15) is 0 Å². The summed E-state index contributed by atoms with van der Waals surface area (Å²) in [6, 6.07) is 5.13. The second-order valence-electron chi connectivity index (χ2n) is 7.46. The predicted molar refractivity (Wildman–Crippen MR) is 112 cm³/mol. The number of ether oxygens (including phenoxy) is 1. The number of hydrogen-bond donors (Lipinski definition) is 0. The monoisotopic (exact) mass is 393 g/mol. The van der Waals surface area contributed by atoms with E-state index in [1.54, 1.807) is 43.1 Å². The van der Waals surface area contributed by atoms with Crippen molar-refractivity contribution in [3.05, 3.63) is 50.5 Å². The van der Waals surface area contributed by atoms with Gasteiger partial charge in [-0.1, -0.05) is 57.5 Å². The van der Waals surface area contributed by atoms with E-state index in [0.29, 0.717) is 16.3 Å². The van der Waals surface area contributed by atoms with Crippen LogP contribution < -0.4 is 4.74 Å². The van der Waals surface area contributed by atoms with Crippen LogP contribution in [-0.4, -0.2) is 24.3 Å². The van der Waals surface area contributed by atoms with E-state index in [1.165, 1.54) is 10.6 Å². The smallest absolute Gasteiger partial charge is 0.192 e. The highest BCUT2D eigenvalue weighted by Gasteiger charge is 2.32. The van der Waals surface area contributed by atoms with E-state index in [1.807, 2.05) is 0 Å². The number of benzene rings is 1. The van der Waals surface area contributed by atoms with Crippen molar-refractivity contribution in [3.63, 3.8) is 0 Å². The van der Waals surface area contributed by atoms with Gasteiger partial charge in [-0.25, -0.2) is 0 Å². The molecule has 0 unspecified atom stereocenters. The number of carbonyl (C=O) groups is 1. The number of halogens is 1. The van der Waals surface area contributed by atoms with Crippen molar-refractivity contribution in [2.24, 2.45) is 5.41 Å². The van der Waals surface area contributed by atoms with E-state index in [2.05, 4.69) is 39.5 Å². The van der Waals surface area contributed by atoms with Gasteiger partial charge in [-0.05, 0) is 37.0 Å². The van der Waals surface area contributed by atoms with E-state index in [0.717, 1.165) is 24.4 Å². The van der Waals surface area contributed by atoms with Crippen LogP contribution in [-0.2, 0) is 0 Å². The van der Waals surface area contributed by atoms with Crippen molar-refractivity contribution in [1.29, 1.82) is 0 Å². The summed E-state index contributed by atoms with van der Waals surface area (Å²) in [5.41, 5.74) is 1.78. The molecule has 0 radical (unpaired) electrons. The molecule has 3 nitrogen and oxygen atoms in total. The molecule has 1 heterocycles. The highest BCUT2D eigenvalue weighted by atomic mass is 35.5. The molecule has 0 fully saturated rings. The molecule has 2 rings (SSSR count). The molecule has 0 saturated heterocycles. The summed E-state index contributed by atoms with van der Waals surface area (Å²) in [6.45, 7) is 11.9. The largest absolute Gasteiger partial charge is 0.496 e. The second kappa shape index (κ2) is 8.53. The summed E-state index contributed by atoms with van der Waals surface area (Å²) in [7, 11) is 1.56. The number of unbranched alkanes of at least 4 members (excludes halogenated alkanes) is 1. The molecule has 26 heavy (non-hydrogen) atoms. The molecule has 0 spiro atoms. The molecular formula is C21H28ClNO2S. The molecule has 0 N–H and O–H groups in total. The van der Waals surface area contributed by atoms with E-state index in [4.69, 9.17) is 16.3 Å². The third-order valence-electron chi connectivity index (χ3n) is 4.30. The minimum Gasteiger partial charge on any atom is -0.496 e. The van der Waals surface area contributed by atoms with E-state index >= 15 is 0 Å². The van der Waals surface area contributed by atoms with E-state index < -0.39 is 0 Å². The van der Waals surface area contributed by atoms with Gasteiger partial charge in [0.15, 0.2) is 5.78 Å².